The number of aliphatic hydroxyl groups excluding tert-OH is 1. The van der Waals surface area contributed by atoms with Crippen LogP contribution in [0.3, 0.4) is 0 Å². The normalized spacial score (nSPS) is 27.8. The fraction of sp³-hybridized carbons (Fsp3) is 0.625. The van der Waals surface area contributed by atoms with Crippen LogP contribution in [0.1, 0.15) is 45.4 Å². The zero-order valence-electron chi connectivity index (χ0n) is 11.7. The van der Waals surface area contributed by atoms with E-state index in [1.54, 1.807) is 12.1 Å². The molecule has 1 aromatic carbocycles. The Morgan fingerprint density at radius 1 is 1.32 bits per heavy atom. The molecule has 2 N–H and O–H groups in total. The number of nitrogens with one attached hydrogen (secondary N) is 1. The van der Waals surface area contributed by atoms with Gasteiger partial charge in [0, 0.05) is 0 Å². The zero-order valence-corrected chi connectivity index (χ0v) is 11.7. The first kappa shape index (κ1) is 14.3. The molecule has 0 heterocycles. The first-order valence-electron chi connectivity index (χ1n) is 7.33. The Bertz CT molecular complexity index is 409. The lowest BCUT2D eigenvalue weighted by Crippen LogP contribution is -2.42. The summed E-state index contributed by atoms with van der Waals surface area (Å²) >= 11 is 0. The van der Waals surface area contributed by atoms with Crippen LogP contribution in [0.5, 0.6) is 0 Å². The number of hydrogen-bond acceptors (Lipinski definition) is 2. The Kier molecular flexibility index (Phi) is 4.81. The van der Waals surface area contributed by atoms with Gasteiger partial charge < -0.3 is 10.4 Å². The maximum atomic E-state index is 13.8. The van der Waals surface area contributed by atoms with Crippen LogP contribution in [0.4, 0.5) is 10.1 Å². The number of aliphatic hydroxyl groups is 1. The second-order valence-electron chi connectivity index (χ2n) is 5.75. The standard InChI is InChI=1S/C16H24FNO/c1-2-13-6-5-10-16(12-19,11-9-13)18-15-8-4-3-7-14(15)17/h3-4,7-8,13,18-19H,2,5-6,9-12H2,1H3. The predicted octanol–water partition coefficient (Wildman–Crippen LogP) is 3.96. The van der Waals surface area contributed by atoms with Gasteiger partial charge in [-0.15, -0.1) is 0 Å². The van der Waals surface area contributed by atoms with E-state index in [4.69, 9.17) is 0 Å². The molecule has 0 aromatic heterocycles. The first-order chi connectivity index (χ1) is 9.19. The average Bonchev–Trinajstić information content (AvgIpc) is 2.64. The molecule has 0 radical (unpaired) electrons. The van der Waals surface area contributed by atoms with Crippen molar-refractivity contribution in [2.75, 3.05) is 11.9 Å². The third-order valence-electron chi connectivity index (χ3n) is 4.45. The summed E-state index contributed by atoms with van der Waals surface area (Å²) in [5, 5.41) is 13.1. The molecule has 2 nitrogen and oxygen atoms in total. The van der Waals surface area contributed by atoms with Crippen LogP contribution in [0.2, 0.25) is 0 Å². The molecule has 0 bridgehead atoms. The number of anilines is 1. The summed E-state index contributed by atoms with van der Waals surface area (Å²) < 4.78 is 13.8. The highest BCUT2D eigenvalue weighted by atomic mass is 19.1. The van der Waals surface area contributed by atoms with Gasteiger partial charge in [0.15, 0.2) is 0 Å². The monoisotopic (exact) mass is 265 g/mol. The van der Waals surface area contributed by atoms with E-state index in [-0.39, 0.29) is 18.0 Å². The number of para-hydroxylation sites is 1. The summed E-state index contributed by atoms with van der Waals surface area (Å²) in [4.78, 5) is 0. The highest BCUT2D eigenvalue weighted by Crippen LogP contribution is 2.34. The van der Waals surface area contributed by atoms with Crippen LogP contribution in [0, 0.1) is 11.7 Å². The number of rotatable bonds is 4. The quantitative estimate of drug-likeness (QED) is 0.808. The molecular weight excluding hydrogens is 241 g/mol. The molecule has 0 spiro atoms. The van der Waals surface area contributed by atoms with Crippen molar-refractivity contribution in [2.24, 2.45) is 5.92 Å². The fourth-order valence-electron chi connectivity index (χ4n) is 3.06. The molecule has 0 saturated heterocycles. The summed E-state index contributed by atoms with van der Waals surface area (Å²) in [6.45, 7) is 2.29. The van der Waals surface area contributed by atoms with Gasteiger partial charge in [-0.1, -0.05) is 38.3 Å². The zero-order chi connectivity index (χ0) is 13.7. The smallest absolute Gasteiger partial charge is 0.146 e. The third-order valence-corrected chi connectivity index (χ3v) is 4.45. The third kappa shape index (κ3) is 3.47. The van der Waals surface area contributed by atoms with E-state index in [2.05, 4.69) is 12.2 Å². The largest absolute Gasteiger partial charge is 0.394 e. The van der Waals surface area contributed by atoms with Crippen LogP contribution in [0.25, 0.3) is 0 Å². The molecule has 106 valence electrons. The molecule has 3 heteroatoms. The van der Waals surface area contributed by atoms with E-state index in [1.807, 2.05) is 6.07 Å². The second kappa shape index (κ2) is 6.38. The lowest BCUT2D eigenvalue weighted by atomic mass is 9.89. The topological polar surface area (TPSA) is 32.3 Å². The highest BCUT2D eigenvalue weighted by molar-refractivity contribution is 5.47. The number of benzene rings is 1. The predicted molar refractivity (Wildman–Crippen MR) is 76.7 cm³/mol. The number of halogens is 1. The Balaban J connectivity index is 2.12. The first-order valence-corrected chi connectivity index (χ1v) is 7.33. The molecule has 0 aliphatic heterocycles. The highest BCUT2D eigenvalue weighted by Gasteiger charge is 2.32. The van der Waals surface area contributed by atoms with Crippen LogP contribution in [0.15, 0.2) is 24.3 Å². The maximum Gasteiger partial charge on any atom is 0.146 e. The molecular formula is C16H24FNO. The molecule has 1 aliphatic carbocycles. The van der Waals surface area contributed by atoms with Gasteiger partial charge in [0.05, 0.1) is 17.8 Å². The Morgan fingerprint density at radius 3 is 2.79 bits per heavy atom. The van der Waals surface area contributed by atoms with Crippen molar-refractivity contribution >= 4 is 5.69 Å². The molecule has 1 aliphatic rings. The summed E-state index contributed by atoms with van der Waals surface area (Å²) in [6, 6.07) is 6.71. The van der Waals surface area contributed by atoms with Crippen molar-refractivity contribution in [2.45, 2.75) is 51.0 Å². The average molecular weight is 265 g/mol. The van der Waals surface area contributed by atoms with E-state index in [0.29, 0.717) is 5.69 Å². The van der Waals surface area contributed by atoms with E-state index < -0.39 is 0 Å². The van der Waals surface area contributed by atoms with Gasteiger partial charge in [0.1, 0.15) is 5.82 Å². The summed E-state index contributed by atoms with van der Waals surface area (Å²) in [7, 11) is 0. The Labute approximate surface area is 115 Å². The SMILES string of the molecule is CCC1CCCC(CO)(Nc2ccccc2F)CC1. The van der Waals surface area contributed by atoms with Gasteiger partial charge in [-0.25, -0.2) is 4.39 Å². The summed E-state index contributed by atoms with van der Waals surface area (Å²) in [6.07, 6.45) is 6.45. The molecule has 1 saturated carbocycles. The van der Waals surface area contributed by atoms with Crippen LogP contribution in [-0.2, 0) is 0 Å². The van der Waals surface area contributed by atoms with E-state index >= 15 is 0 Å². The molecule has 19 heavy (non-hydrogen) atoms. The minimum Gasteiger partial charge on any atom is -0.394 e. The van der Waals surface area contributed by atoms with Crippen molar-refractivity contribution in [1.82, 2.24) is 0 Å². The molecule has 2 unspecified atom stereocenters. The minimum atomic E-state index is -0.355. The summed E-state index contributed by atoms with van der Waals surface area (Å²) in [5.41, 5.74) is 0.151. The molecule has 2 atom stereocenters. The Hall–Kier alpha value is -1.09. The van der Waals surface area contributed by atoms with E-state index in [1.165, 1.54) is 18.9 Å². The lowest BCUT2D eigenvalue weighted by molar-refractivity contribution is 0.194. The van der Waals surface area contributed by atoms with Crippen molar-refractivity contribution in [3.8, 4) is 0 Å². The minimum absolute atomic E-state index is 0.0672. The molecule has 1 fully saturated rings. The van der Waals surface area contributed by atoms with E-state index in [0.717, 1.165) is 31.6 Å². The van der Waals surface area contributed by atoms with Crippen LogP contribution >= 0.6 is 0 Å². The molecule has 0 amide bonds. The van der Waals surface area contributed by atoms with Crippen molar-refractivity contribution < 1.29 is 9.50 Å². The van der Waals surface area contributed by atoms with Crippen LogP contribution < -0.4 is 5.32 Å². The Morgan fingerprint density at radius 2 is 2.11 bits per heavy atom. The summed E-state index contributed by atoms with van der Waals surface area (Å²) in [5.74, 6) is 0.502. The van der Waals surface area contributed by atoms with Crippen molar-refractivity contribution in [3.05, 3.63) is 30.1 Å². The van der Waals surface area contributed by atoms with Crippen LogP contribution in [-0.4, -0.2) is 17.3 Å². The van der Waals surface area contributed by atoms with Gasteiger partial charge in [-0.05, 0) is 37.3 Å². The second-order valence-corrected chi connectivity index (χ2v) is 5.75. The van der Waals surface area contributed by atoms with Gasteiger partial charge in [0.25, 0.3) is 0 Å². The molecule has 1 aromatic rings. The maximum absolute atomic E-state index is 13.8. The fourth-order valence-corrected chi connectivity index (χ4v) is 3.06. The lowest BCUT2D eigenvalue weighted by Gasteiger charge is -2.33. The van der Waals surface area contributed by atoms with Gasteiger partial charge in [-0.3, -0.25) is 0 Å². The molecule has 2 rings (SSSR count). The van der Waals surface area contributed by atoms with E-state index in [9.17, 15) is 9.50 Å². The number of hydrogen-bond donors (Lipinski definition) is 2. The van der Waals surface area contributed by atoms with Gasteiger partial charge >= 0.3 is 0 Å². The van der Waals surface area contributed by atoms with Crippen molar-refractivity contribution in [3.63, 3.8) is 0 Å². The van der Waals surface area contributed by atoms with Gasteiger partial charge in [-0.2, -0.15) is 0 Å². The van der Waals surface area contributed by atoms with Crippen molar-refractivity contribution in [1.29, 1.82) is 0 Å². The van der Waals surface area contributed by atoms with Gasteiger partial charge in [0.2, 0.25) is 0 Å².